The van der Waals surface area contributed by atoms with Crippen LogP contribution in [0.25, 0.3) is 28.2 Å². The molecule has 0 amide bonds. The quantitative estimate of drug-likeness (QED) is 0.382. The topological polar surface area (TPSA) is 46.3 Å². The molecule has 3 nitrogen and oxygen atoms in total. The van der Waals surface area contributed by atoms with Crippen LogP contribution in [0.1, 0.15) is 30.7 Å². The van der Waals surface area contributed by atoms with E-state index in [1.165, 1.54) is 17.6 Å². The summed E-state index contributed by atoms with van der Waals surface area (Å²) in [7, 11) is 0. The van der Waals surface area contributed by atoms with Gasteiger partial charge in [0.1, 0.15) is 11.4 Å². The van der Waals surface area contributed by atoms with Crippen molar-refractivity contribution >= 4 is 5.57 Å². The minimum Gasteiger partial charge on any atom is -0.508 e. The van der Waals surface area contributed by atoms with Crippen molar-refractivity contribution in [3.8, 4) is 28.3 Å². The number of aromatic hydroxyl groups is 1. The van der Waals surface area contributed by atoms with Gasteiger partial charge in [-0.15, -0.1) is 0 Å². The Bertz CT molecular complexity index is 1120. The summed E-state index contributed by atoms with van der Waals surface area (Å²) < 4.78 is 6.46. The van der Waals surface area contributed by atoms with Crippen LogP contribution in [0.3, 0.4) is 0 Å². The lowest BCUT2D eigenvalue weighted by Gasteiger charge is -2.22. The van der Waals surface area contributed by atoms with Crippen molar-refractivity contribution in [1.29, 1.82) is 0 Å². The van der Waals surface area contributed by atoms with E-state index in [4.69, 9.17) is 9.40 Å². The number of hydrogen-bond donors (Lipinski definition) is 1. The summed E-state index contributed by atoms with van der Waals surface area (Å²) >= 11 is 0. The Morgan fingerprint density at radius 1 is 0.839 bits per heavy atom. The average molecular weight is 408 g/mol. The number of rotatable bonds is 5. The summed E-state index contributed by atoms with van der Waals surface area (Å²) in [6.07, 6.45) is 6.53. The highest BCUT2D eigenvalue weighted by Crippen LogP contribution is 2.40. The van der Waals surface area contributed by atoms with E-state index in [1.807, 2.05) is 48.5 Å². The summed E-state index contributed by atoms with van der Waals surface area (Å²) in [4.78, 5) is 5.01. The Morgan fingerprint density at radius 2 is 1.52 bits per heavy atom. The van der Waals surface area contributed by atoms with Gasteiger partial charge in [-0.25, -0.2) is 4.98 Å². The zero-order valence-corrected chi connectivity index (χ0v) is 17.4. The van der Waals surface area contributed by atoms with E-state index in [0.717, 1.165) is 47.7 Å². The molecule has 3 aromatic carbocycles. The number of benzene rings is 3. The largest absolute Gasteiger partial charge is 0.508 e. The Kier molecular flexibility index (Phi) is 5.40. The van der Waals surface area contributed by atoms with E-state index < -0.39 is 0 Å². The molecule has 154 valence electrons. The smallest absolute Gasteiger partial charge is 0.223 e. The number of allylic oxidation sites excluding steroid dienone is 2. The van der Waals surface area contributed by atoms with Crippen molar-refractivity contribution in [3.05, 3.63) is 102 Å². The van der Waals surface area contributed by atoms with Gasteiger partial charge < -0.3 is 9.52 Å². The van der Waals surface area contributed by atoms with Crippen molar-refractivity contribution in [2.45, 2.75) is 25.7 Å². The van der Waals surface area contributed by atoms with Crippen molar-refractivity contribution in [2.24, 2.45) is 5.92 Å². The van der Waals surface area contributed by atoms with Gasteiger partial charge in [0, 0.05) is 16.7 Å². The second-order valence-electron chi connectivity index (χ2n) is 8.09. The van der Waals surface area contributed by atoms with Gasteiger partial charge in [0.15, 0.2) is 5.76 Å². The van der Waals surface area contributed by atoms with Crippen LogP contribution < -0.4 is 0 Å². The Balaban J connectivity index is 1.55. The lowest BCUT2D eigenvalue weighted by atomic mass is 9.83. The number of phenols is 1. The second kappa shape index (κ2) is 8.65. The monoisotopic (exact) mass is 407 g/mol. The van der Waals surface area contributed by atoms with Crippen LogP contribution in [0.2, 0.25) is 0 Å². The fourth-order valence-electron chi connectivity index (χ4n) is 4.35. The molecule has 4 aromatic rings. The maximum atomic E-state index is 9.61. The van der Waals surface area contributed by atoms with Gasteiger partial charge in [-0.3, -0.25) is 0 Å². The average Bonchev–Trinajstić information content (AvgIpc) is 3.27. The van der Waals surface area contributed by atoms with Gasteiger partial charge in [-0.2, -0.15) is 0 Å². The Hall–Kier alpha value is -3.59. The van der Waals surface area contributed by atoms with E-state index in [9.17, 15) is 5.11 Å². The number of aromatic nitrogens is 1. The predicted molar refractivity (Wildman–Crippen MR) is 125 cm³/mol. The first-order chi connectivity index (χ1) is 15.3. The first-order valence-electron chi connectivity index (χ1n) is 10.9. The summed E-state index contributed by atoms with van der Waals surface area (Å²) in [5.74, 6) is 2.19. The Labute approximate surface area is 182 Å². The maximum absolute atomic E-state index is 9.61. The van der Waals surface area contributed by atoms with E-state index in [2.05, 4.69) is 30.3 Å². The second-order valence-corrected chi connectivity index (χ2v) is 8.09. The Morgan fingerprint density at radius 3 is 2.23 bits per heavy atom. The van der Waals surface area contributed by atoms with Gasteiger partial charge in [-0.05, 0) is 49.3 Å². The zero-order chi connectivity index (χ0) is 21.0. The van der Waals surface area contributed by atoms with Gasteiger partial charge in [-0.1, -0.05) is 78.9 Å². The van der Waals surface area contributed by atoms with Crippen LogP contribution in [0.15, 0.2) is 95.4 Å². The van der Waals surface area contributed by atoms with Crippen LogP contribution in [0.4, 0.5) is 0 Å². The van der Waals surface area contributed by atoms with Crippen LogP contribution in [0.5, 0.6) is 5.75 Å². The van der Waals surface area contributed by atoms with Crippen LogP contribution in [0, 0.1) is 5.92 Å². The fraction of sp³-hybridized carbons (Fsp3) is 0.179. The minimum absolute atomic E-state index is 0.302. The number of nitrogens with zero attached hydrogens (tertiary/aromatic N) is 1. The normalized spacial score (nSPS) is 16.1. The lowest BCUT2D eigenvalue weighted by Crippen LogP contribution is -2.11. The molecule has 1 aliphatic carbocycles. The number of oxazole rings is 1. The van der Waals surface area contributed by atoms with E-state index in [0.29, 0.717) is 11.7 Å². The molecular formula is C28H25NO2. The summed E-state index contributed by atoms with van der Waals surface area (Å²) in [5.41, 5.74) is 5.39. The SMILES string of the molecule is Oc1ccc(CC2CCCC=C2c2nc(-c3ccccc3)c(-c3ccccc3)o2)cc1. The van der Waals surface area contributed by atoms with Gasteiger partial charge >= 0.3 is 0 Å². The minimum atomic E-state index is 0.302. The third-order valence-electron chi connectivity index (χ3n) is 5.94. The molecule has 0 saturated carbocycles. The highest BCUT2D eigenvalue weighted by Gasteiger charge is 2.26. The maximum Gasteiger partial charge on any atom is 0.223 e. The molecule has 1 atom stereocenters. The van der Waals surface area contributed by atoms with Crippen molar-refractivity contribution in [2.75, 3.05) is 0 Å². The molecule has 3 heteroatoms. The van der Waals surface area contributed by atoms with Gasteiger partial charge in [0.25, 0.3) is 0 Å². The molecule has 0 saturated heterocycles. The molecule has 0 radical (unpaired) electrons. The van der Waals surface area contributed by atoms with Crippen molar-refractivity contribution in [1.82, 2.24) is 4.98 Å². The van der Waals surface area contributed by atoms with Crippen molar-refractivity contribution in [3.63, 3.8) is 0 Å². The van der Waals surface area contributed by atoms with Gasteiger partial charge in [0.05, 0.1) is 0 Å². The molecule has 1 heterocycles. The molecule has 0 aliphatic heterocycles. The number of phenolic OH excluding ortho intramolecular Hbond substituents is 1. The van der Waals surface area contributed by atoms with Crippen LogP contribution in [-0.2, 0) is 6.42 Å². The molecular weight excluding hydrogens is 382 g/mol. The zero-order valence-electron chi connectivity index (χ0n) is 17.4. The van der Waals surface area contributed by atoms with E-state index in [-0.39, 0.29) is 0 Å². The summed E-state index contributed by atoms with van der Waals surface area (Å²) in [6, 6.07) is 28.0. The first-order valence-corrected chi connectivity index (χ1v) is 10.9. The molecule has 5 rings (SSSR count). The highest BCUT2D eigenvalue weighted by molar-refractivity contribution is 5.79. The van der Waals surface area contributed by atoms with Crippen molar-refractivity contribution < 1.29 is 9.52 Å². The lowest BCUT2D eigenvalue weighted by molar-refractivity contribution is 0.474. The number of hydrogen-bond acceptors (Lipinski definition) is 3. The van der Waals surface area contributed by atoms with Crippen LogP contribution in [-0.4, -0.2) is 10.1 Å². The van der Waals surface area contributed by atoms with Gasteiger partial charge in [0.2, 0.25) is 5.89 Å². The fourth-order valence-corrected chi connectivity index (χ4v) is 4.35. The van der Waals surface area contributed by atoms with E-state index >= 15 is 0 Å². The molecule has 1 aromatic heterocycles. The van der Waals surface area contributed by atoms with E-state index in [1.54, 1.807) is 12.1 Å². The summed E-state index contributed by atoms with van der Waals surface area (Å²) in [5, 5.41) is 9.61. The molecule has 31 heavy (non-hydrogen) atoms. The molecule has 1 N–H and O–H groups in total. The highest BCUT2D eigenvalue weighted by atomic mass is 16.4. The molecule has 1 aliphatic rings. The standard InChI is InChI=1S/C28H25NO2/c30-24-17-15-20(16-18-24)19-23-13-7-8-14-25(23)28-29-26(21-9-3-1-4-10-21)27(31-28)22-11-5-2-6-12-22/h1-6,9-12,14-18,23,30H,7-8,13,19H2. The first kappa shape index (κ1) is 19.4. The molecule has 0 fully saturated rings. The third kappa shape index (κ3) is 4.17. The summed E-state index contributed by atoms with van der Waals surface area (Å²) in [6.45, 7) is 0. The predicted octanol–water partition coefficient (Wildman–Crippen LogP) is 7.14. The molecule has 0 spiro atoms. The molecule has 1 unspecified atom stereocenters. The third-order valence-corrected chi connectivity index (χ3v) is 5.94. The molecule has 0 bridgehead atoms. The van der Waals surface area contributed by atoms with Crippen LogP contribution >= 0.6 is 0 Å².